The number of hydrogen-bond donors (Lipinski definition) is 3. The summed E-state index contributed by atoms with van der Waals surface area (Å²) in [5.41, 5.74) is 0.0517. The van der Waals surface area contributed by atoms with E-state index in [2.05, 4.69) is 26.6 Å². The van der Waals surface area contributed by atoms with E-state index < -0.39 is 17.7 Å². The number of fused-ring (bicyclic) bond motifs is 1. The third kappa shape index (κ3) is 3.52. The second kappa shape index (κ2) is 7.93. The number of anilines is 2. The predicted molar refractivity (Wildman–Crippen MR) is 113 cm³/mol. The topological polar surface area (TPSA) is 81.7 Å². The molecule has 6 nitrogen and oxygen atoms in total. The molecule has 0 aromatic heterocycles. The first-order valence-electron chi connectivity index (χ1n) is 9.34. The number of carbonyl (C=O) groups excluding carboxylic acids is 2. The summed E-state index contributed by atoms with van der Waals surface area (Å²) in [7, 11) is 0. The zero-order valence-corrected chi connectivity index (χ0v) is 17.7. The van der Waals surface area contributed by atoms with Crippen molar-refractivity contribution in [3.05, 3.63) is 58.1 Å². The van der Waals surface area contributed by atoms with E-state index in [9.17, 15) is 14.7 Å². The molecule has 28 heavy (non-hydrogen) atoms. The van der Waals surface area contributed by atoms with E-state index in [0.29, 0.717) is 27.8 Å². The Hall–Kier alpha value is -2.38. The lowest BCUT2D eigenvalue weighted by Crippen LogP contribution is -2.63. The van der Waals surface area contributed by atoms with E-state index in [0.717, 1.165) is 16.9 Å². The second-order valence-electron chi connectivity index (χ2n) is 6.93. The Morgan fingerprint density at radius 1 is 1.25 bits per heavy atom. The molecule has 3 rings (SSSR count). The molecule has 1 aliphatic heterocycles. The van der Waals surface area contributed by atoms with Gasteiger partial charge in [-0.3, -0.25) is 9.69 Å². The fourth-order valence-electron chi connectivity index (χ4n) is 3.19. The van der Waals surface area contributed by atoms with Gasteiger partial charge in [0.1, 0.15) is 0 Å². The summed E-state index contributed by atoms with van der Waals surface area (Å²) >= 11 is 3.39. The zero-order chi connectivity index (χ0) is 20.5. The zero-order valence-electron chi connectivity index (χ0n) is 16.1. The third-order valence-corrected chi connectivity index (χ3v) is 5.53. The van der Waals surface area contributed by atoms with Crippen LogP contribution in [0.3, 0.4) is 0 Å². The smallest absolute Gasteiger partial charge is 0.329 e. The molecular formula is C21H24BrN3O3. The van der Waals surface area contributed by atoms with Crippen molar-refractivity contribution >= 4 is 39.2 Å². The second-order valence-corrected chi connectivity index (χ2v) is 7.85. The van der Waals surface area contributed by atoms with Crippen molar-refractivity contribution in [3.63, 3.8) is 0 Å². The fourth-order valence-corrected chi connectivity index (χ4v) is 3.55. The monoisotopic (exact) mass is 445 g/mol. The minimum Gasteiger partial charge on any atom is -0.359 e. The number of amides is 3. The van der Waals surface area contributed by atoms with E-state index in [-0.39, 0.29) is 6.04 Å². The van der Waals surface area contributed by atoms with Crippen LogP contribution in [-0.4, -0.2) is 23.1 Å². The van der Waals surface area contributed by atoms with Crippen molar-refractivity contribution in [2.24, 2.45) is 0 Å². The SMILES string of the molecule is CCc1ccc(N2C(=O)Nc3ccc(Br)cc3[C@]2(O)C(=O)N[C@@H](C)CC)cc1. The van der Waals surface area contributed by atoms with Crippen molar-refractivity contribution in [2.45, 2.75) is 45.4 Å². The number of aryl methyl sites for hydroxylation is 1. The Kier molecular flexibility index (Phi) is 5.76. The Balaban J connectivity index is 2.17. The van der Waals surface area contributed by atoms with Gasteiger partial charge < -0.3 is 15.7 Å². The van der Waals surface area contributed by atoms with Crippen LogP contribution < -0.4 is 15.5 Å². The molecule has 0 saturated carbocycles. The lowest BCUT2D eigenvalue weighted by molar-refractivity contribution is -0.140. The molecule has 0 radical (unpaired) electrons. The number of nitrogens with one attached hydrogen (secondary N) is 2. The van der Waals surface area contributed by atoms with Crippen LogP contribution in [0.25, 0.3) is 0 Å². The van der Waals surface area contributed by atoms with Crippen molar-refractivity contribution in [3.8, 4) is 0 Å². The van der Waals surface area contributed by atoms with E-state index in [1.165, 1.54) is 0 Å². The Morgan fingerprint density at radius 2 is 1.93 bits per heavy atom. The number of rotatable bonds is 5. The van der Waals surface area contributed by atoms with E-state index in [4.69, 9.17) is 0 Å². The maximum atomic E-state index is 13.2. The number of nitrogens with zero attached hydrogens (tertiary/aromatic N) is 1. The average molecular weight is 446 g/mol. The van der Waals surface area contributed by atoms with Crippen LogP contribution in [0, 0.1) is 0 Å². The van der Waals surface area contributed by atoms with Crippen LogP contribution in [0.15, 0.2) is 46.9 Å². The largest absolute Gasteiger partial charge is 0.359 e. The number of hydrogen-bond acceptors (Lipinski definition) is 3. The van der Waals surface area contributed by atoms with Crippen LogP contribution in [0.1, 0.15) is 38.3 Å². The predicted octanol–water partition coefficient (Wildman–Crippen LogP) is 4.12. The first-order chi connectivity index (χ1) is 13.3. The molecule has 148 valence electrons. The number of carbonyl (C=O) groups is 2. The van der Waals surface area contributed by atoms with E-state index in [1.807, 2.05) is 32.9 Å². The van der Waals surface area contributed by atoms with Gasteiger partial charge in [0.25, 0.3) is 11.6 Å². The van der Waals surface area contributed by atoms with Crippen LogP contribution in [-0.2, 0) is 16.9 Å². The number of aliphatic hydroxyl groups is 1. The van der Waals surface area contributed by atoms with E-state index in [1.54, 1.807) is 30.3 Å². The summed E-state index contributed by atoms with van der Waals surface area (Å²) in [5.74, 6) is -0.643. The molecule has 2 aromatic rings. The van der Waals surface area contributed by atoms with Crippen LogP contribution in [0.4, 0.5) is 16.2 Å². The average Bonchev–Trinajstić information content (AvgIpc) is 2.69. The van der Waals surface area contributed by atoms with Gasteiger partial charge in [-0.15, -0.1) is 0 Å². The lowest BCUT2D eigenvalue weighted by Gasteiger charge is -2.43. The summed E-state index contributed by atoms with van der Waals surface area (Å²) in [4.78, 5) is 27.3. The summed E-state index contributed by atoms with van der Waals surface area (Å²) < 4.78 is 0.693. The van der Waals surface area contributed by atoms with Gasteiger partial charge in [0.05, 0.1) is 5.69 Å². The quantitative estimate of drug-likeness (QED) is 0.646. The molecule has 1 heterocycles. The van der Waals surface area contributed by atoms with Gasteiger partial charge in [0.2, 0.25) is 0 Å². The Morgan fingerprint density at radius 3 is 2.54 bits per heavy atom. The van der Waals surface area contributed by atoms with Gasteiger partial charge in [0.15, 0.2) is 0 Å². The summed E-state index contributed by atoms with van der Waals surface area (Å²) in [5, 5.41) is 17.3. The highest BCUT2D eigenvalue weighted by Crippen LogP contribution is 2.41. The fraction of sp³-hybridized carbons (Fsp3) is 0.333. The van der Waals surface area contributed by atoms with E-state index >= 15 is 0 Å². The van der Waals surface area contributed by atoms with Crippen LogP contribution in [0.5, 0.6) is 0 Å². The number of halogens is 1. The molecule has 7 heteroatoms. The molecule has 0 fully saturated rings. The summed E-state index contributed by atoms with van der Waals surface area (Å²) in [6, 6.07) is 11.6. The maximum absolute atomic E-state index is 13.2. The van der Waals surface area contributed by atoms with Gasteiger partial charge in [-0.25, -0.2) is 4.79 Å². The first-order valence-corrected chi connectivity index (χ1v) is 10.1. The summed E-state index contributed by atoms with van der Waals surface area (Å²) in [6.45, 7) is 5.83. The van der Waals surface area contributed by atoms with Crippen LogP contribution >= 0.6 is 15.9 Å². The lowest BCUT2D eigenvalue weighted by atomic mass is 9.94. The first kappa shape index (κ1) is 20.4. The van der Waals surface area contributed by atoms with Crippen LogP contribution in [0.2, 0.25) is 0 Å². The molecule has 1 aliphatic rings. The van der Waals surface area contributed by atoms with Gasteiger partial charge in [-0.1, -0.05) is 41.9 Å². The molecule has 0 aliphatic carbocycles. The minimum atomic E-state index is -2.18. The number of urea groups is 1. The molecule has 2 atom stereocenters. The van der Waals surface area contributed by atoms with Crippen molar-refractivity contribution in [1.29, 1.82) is 0 Å². The maximum Gasteiger partial charge on any atom is 0.329 e. The highest BCUT2D eigenvalue weighted by atomic mass is 79.9. The van der Waals surface area contributed by atoms with Gasteiger partial charge >= 0.3 is 6.03 Å². The summed E-state index contributed by atoms with van der Waals surface area (Å²) in [6.07, 6.45) is 1.55. The normalized spacial score (nSPS) is 19.6. The molecule has 0 bridgehead atoms. The van der Waals surface area contributed by atoms with Gasteiger partial charge in [0, 0.05) is 21.8 Å². The molecule has 2 aromatic carbocycles. The molecule has 0 unspecified atom stereocenters. The molecular weight excluding hydrogens is 422 g/mol. The van der Waals surface area contributed by atoms with Gasteiger partial charge in [-0.2, -0.15) is 0 Å². The number of benzene rings is 2. The third-order valence-electron chi connectivity index (χ3n) is 5.03. The highest BCUT2D eigenvalue weighted by Gasteiger charge is 2.52. The molecule has 3 N–H and O–H groups in total. The Labute approximate surface area is 173 Å². The van der Waals surface area contributed by atoms with Crippen molar-refractivity contribution in [1.82, 2.24) is 5.32 Å². The molecule has 3 amide bonds. The highest BCUT2D eigenvalue weighted by molar-refractivity contribution is 9.10. The van der Waals surface area contributed by atoms with Crippen molar-refractivity contribution in [2.75, 3.05) is 10.2 Å². The standard InChI is InChI=1S/C21H24BrN3O3/c1-4-13(3)23-19(26)21(28)17-12-15(22)8-11-18(17)24-20(27)25(21)16-9-6-14(5-2)7-10-16/h6-13,28H,4-5H2,1-3H3,(H,23,26)(H,24,27)/t13-,21-/m0/s1. The molecule has 0 spiro atoms. The van der Waals surface area contributed by atoms with Crippen molar-refractivity contribution < 1.29 is 14.7 Å². The van der Waals surface area contributed by atoms with Gasteiger partial charge in [-0.05, 0) is 55.7 Å². The Bertz CT molecular complexity index is 900. The minimum absolute atomic E-state index is 0.151. The molecule has 0 saturated heterocycles.